The summed E-state index contributed by atoms with van der Waals surface area (Å²) in [5, 5.41) is 5.26. The Morgan fingerprint density at radius 2 is 2.50 bits per heavy atom. The van der Waals surface area contributed by atoms with Crippen LogP contribution in [0.2, 0.25) is 0 Å². The van der Waals surface area contributed by atoms with Crippen LogP contribution in [0.1, 0.15) is 6.92 Å². The quantitative estimate of drug-likeness (QED) is 0.819. The van der Waals surface area contributed by atoms with Gasteiger partial charge in [-0.05, 0) is 18.4 Å². The smallest absolute Gasteiger partial charge is 0.242 e. The fraction of sp³-hybridized carbons (Fsp3) is 0.250. The van der Waals surface area contributed by atoms with Crippen molar-refractivity contribution in [3.05, 3.63) is 11.4 Å². The number of amides is 1. The van der Waals surface area contributed by atoms with Gasteiger partial charge in [0.1, 0.15) is 4.01 Å². The van der Waals surface area contributed by atoms with E-state index in [2.05, 4.69) is 10.3 Å². The van der Waals surface area contributed by atoms with Crippen molar-refractivity contribution in [3.63, 3.8) is 0 Å². The van der Waals surface area contributed by atoms with Gasteiger partial charge in [0.15, 0.2) is 5.13 Å². The highest BCUT2D eigenvalue weighted by atomic mass is 32.2. The van der Waals surface area contributed by atoms with Gasteiger partial charge in [0, 0.05) is 0 Å². The molecule has 3 N–H and O–H groups in total. The maximum absolute atomic E-state index is 11.2. The molecule has 0 radical (unpaired) electrons. The van der Waals surface area contributed by atoms with Crippen molar-refractivity contribution in [3.8, 4) is 0 Å². The molecule has 2 aromatic rings. The highest BCUT2D eigenvalue weighted by Crippen LogP contribution is 2.30. The van der Waals surface area contributed by atoms with Crippen LogP contribution in [-0.4, -0.2) is 16.9 Å². The zero-order chi connectivity index (χ0) is 10.1. The Morgan fingerprint density at radius 3 is 3.14 bits per heavy atom. The zero-order valence-electron chi connectivity index (χ0n) is 7.48. The molecule has 4 nitrogen and oxygen atoms in total. The van der Waals surface area contributed by atoms with E-state index in [9.17, 15) is 4.79 Å². The highest BCUT2D eigenvalue weighted by Gasteiger charge is 2.11. The molecule has 0 aliphatic rings. The van der Waals surface area contributed by atoms with Crippen LogP contribution in [-0.2, 0) is 4.79 Å². The summed E-state index contributed by atoms with van der Waals surface area (Å²) in [6.45, 7) is 1.64. The minimum absolute atomic E-state index is 0.202. The van der Waals surface area contributed by atoms with Crippen molar-refractivity contribution in [2.75, 3.05) is 5.32 Å². The van der Waals surface area contributed by atoms with Crippen molar-refractivity contribution < 1.29 is 4.79 Å². The number of fused-ring (bicyclic) bond motifs is 1. The zero-order valence-corrected chi connectivity index (χ0v) is 9.11. The van der Waals surface area contributed by atoms with Crippen LogP contribution in [0, 0.1) is 0 Å². The second-order valence-electron chi connectivity index (χ2n) is 2.89. The number of carbonyl (C=O) groups excluding carboxylic acids is 1. The van der Waals surface area contributed by atoms with E-state index in [1.165, 1.54) is 11.3 Å². The normalized spacial score (nSPS) is 13.0. The maximum atomic E-state index is 11.2. The molecular weight excluding hydrogens is 218 g/mol. The van der Waals surface area contributed by atoms with Crippen LogP contribution in [0.15, 0.2) is 11.4 Å². The van der Waals surface area contributed by atoms with Crippen LogP contribution >= 0.6 is 22.7 Å². The molecule has 1 atom stereocenters. The van der Waals surface area contributed by atoms with Crippen molar-refractivity contribution in [1.82, 2.24) is 4.98 Å². The van der Waals surface area contributed by atoms with E-state index >= 15 is 0 Å². The molecule has 0 aromatic carbocycles. The lowest BCUT2D eigenvalue weighted by atomic mass is 10.3. The van der Waals surface area contributed by atoms with Crippen LogP contribution in [0.4, 0.5) is 5.13 Å². The number of nitrogens with zero attached hydrogens (tertiary/aromatic N) is 1. The summed E-state index contributed by atoms with van der Waals surface area (Å²) in [5.41, 5.74) is 6.35. The molecule has 0 fully saturated rings. The second-order valence-corrected chi connectivity index (χ2v) is 5.06. The maximum Gasteiger partial charge on any atom is 0.242 e. The standard InChI is InChI=1S/C8H9N3OS2/c1-4(9)6(12)11-8-10-5-2-3-13-7(5)14-8/h2-4H,9H2,1H3,(H,10,11,12)/t4-/m0/s1. The van der Waals surface area contributed by atoms with Crippen molar-refractivity contribution >= 4 is 43.2 Å². The first-order valence-corrected chi connectivity index (χ1v) is 5.77. The molecule has 6 heteroatoms. The van der Waals surface area contributed by atoms with E-state index in [1.807, 2.05) is 11.4 Å². The van der Waals surface area contributed by atoms with Gasteiger partial charge in [-0.2, -0.15) is 0 Å². The molecule has 14 heavy (non-hydrogen) atoms. The molecule has 74 valence electrons. The molecule has 0 unspecified atom stereocenters. The summed E-state index contributed by atoms with van der Waals surface area (Å²) in [6, 6.07) is 1.43. The number of anilines is 1. The summed E-state index contributed by atoms with van der Waals surface area (Å²) in [4.78, 5) is 15.5. The average Bonchev–Trinajstić information content (AvgIpc) is 2.63. The molecular formula is C8H9N3OS2. The third-order valence-corrected chi connectivity index (χ3v) is 3.68. The number of hydrogen-bond acceptors (Lipinski definition) is 5. The lowest BCUT2D eigenvalue weighted by molar-refractivity contribution is -0.117. The van der Waals surface area contributed by atoms with E-state index in [4.69, 9.17) is 5.73 Å². The number of hydrogen-bond donors (Lipinski definition) is 2. The van der Waals surface area contributed by atoms with Gasteiger partial charge in [0.05, 0.1) is 11.6 Å². The van der Waals surface area contributed by atoms with Crippen molar-refractivity contribution in [2.24, 2.45) is 5.73 Å². The third kappa shape index (κ3) is 1.77. The Balaban J connectivity index is 2.19. The van der Waals surface area contributed by atoms with E-state index < -0.39 is 6.04 Å². The summed E-state index contributed by atoms with van der Waals surface area (Å²) in [5.74, 6) is -0.202. The van der Waals surface area contributed by atoms with Gasteiger partial charge in [0.25, 0.3) is 0 Å². The number of thiazole rings is 1. The van der Waals surface area contributed by atoms with Gasteiger partial charge in [-0.1, -0.05) is 11.3 Å². The molecule has 2 heterocycles. The first kappa shape index (κ1) is 9.57. The minimum Gasteiger partial charge on any atom is -0.320 e. The lowest BCUT2D eigenvalue weighted by Crippen LogP contribution is -2.32. The molecule has 0 bridgehead atoms. The topological polar surface area (TPSA) is 68.0 Å². The summed E-state index contributed by atoms with van der Waals surface area (Å²) in [7, 11) is 0. The molecule has 2 rings (SSSR count). The predicted molar refractivity (Wildman–Crippen MR) is 59.8 cm³/mol. The number of rotatable bonds is 2. The third-order valence-electron chi connectivity index (χ3n) is 1.67. The Bertz CT molecular complexity index is 431. The summed E-state index contributed by atoms with van der Waals surface area (Å²) < 4.78 is 1.12. The molecule has 0 spiro atoms. The van der Waals surface area contributed by atoms with Gasteiger partial charge in [-0.3, -0.25) is 4.79 Å². The number of nitrogens with two attached hydrogens (primary N) is 1. The van der Waals surface area contributed by atoms with E-state index in [-0.39, 0.29) is 5.91 Å². The fourth-order valence-corrected chi connectivity index (χ4v) is 2.78. The second kappa shape index (κ2) is 3.64. The monoisotopic (exact) mass is 227 g/mol. The molecule has 0 saturated heterocycles. The summed E-state index contributed by atoms with van der Waals surface area (Å²) in [6.07, 6.45) is 0. The van der Waals surface area contributed by atoms with Crippen LogP contribution in [0.3, 0.4) is 0 Å². The summed E-state index contributed by atoms with van der Waals surface area (Å²) >= 11 is 3.09. The van der Waals surface area contributed by atoms with Gasteiger partial charge in [-0.25, -0.2) is 4.98 Å². The van der Waals surface area contributed by atoms with Crippen molar-refractivity contribution in [1.29, 1.82) is 0 Å². The van der Waals surface area contributed by atoms with E-state index in [0.717, 1.165) is 9.53 Å². The number of aromatic nitrogens is 1. The van der Waals surface area contributed by atoms with Gasteiger partial charge < -0.3 is 11.1 Å². The number of carbonyl (C=O) groups is 1. The molecule has 0 aliphatic carbocycles. The number of nitrogens with one attached hydrogen (secondary N) is 1. The Hall–Kier alpha value is -0.980. The minimum atomic E-state index is -0.503. The Labute approximate surface area is 88.8 Å². The van der Waals surface area contributed by atoms with Crippen molar-refractivity contribution in [2.45, 2.75) is 13.0 Å². The van der Waals surface area contributed by atoms with Gasteiger partial charge >= 0.3 is 0 Å². The number of thiophene rings is 1. The average molecular weight is 227 g/mol. The van der Waals surface area contributed by atoms with Gasteiger partial charge in [0.2, 0.25) is 5.91 Å². The van der Waals surface area contributed by atoms with Crippen LogP contribution in [0.25, 0.3) is 9.53 Å². The van der Waals surface area contributed by atoms with Crippen LogP contribution in [0.5, 0.6) is 0 Å². The first-order valence-electron chi connectivity index (χ1n) is 4.07. The van der Waals surface area contributed by atoms with E-state index in [1.54, 1.807) is 18.3 Å². The molecule has 1 amide bonds. The van der Waals surface area contributed by atoms with E-state index in [0.29, 0.717) is 5.13 Å². The molecule has 2 aromatic heterocycles. The predicted octanol–water partition coefficient (Wildman–Crippen LogP) is 1.64. The first-order chi connectivity index (χ1) is 6.66. The largest absolute Gasteiger partial charge is 0.320 e. The lowest BCUT2D eigenvalue weighted by Gasteiger charge is -2.02. The SMILES string of the molecule is C[C@H](N)C(=O)Nc1nc2ccsc2s1. The highest BCUT2D eigenvalue weighted by molar-refractivity contribution is 7.39. The fourth-order valence-electron chi connectivity index (χ4n) is 0.941. The molecule has 0 aliphatic heterocycles. The Morgan fingerprint density at radius 1 is 1.71 bits per heavy atom. The molecule has 0 saturated carbocycles. The van der Waals surface area contributed by atoms with Crippen LogP contribution < -0.4 is 11.1 Å². The Kier molecular flexibility index (Phi) is 2.49. The van der Waals surface area contributed by atoms with Gasteiger partial charge in [-0.15, -0.1) is 11.3 Å².